The normalized spacial score (nSPS) is 11.2. The molecule has 0 bridgehead atoms. The Balaban J connectivity index is 0.00000338. The van der Waals surface area contributed by atoms with E-state index >= 15 is 0 Å². The van der Waals surface area contributed by atoms with Crippen LogP contribution in [0.15, 0.2) is 48.5 Å². The van der Waals surface area contributed by atoms with Crippen LogP contribution in [0.4, 0.5) is 11.4 Å². The van der Waals surface area contributed by atoms with Crippen molar-refractivity contribution in [3.05, 3.63) is 59.7 Å². The highest BCUT2D eigenvalue weighted by Crippen LogP contribution is 2.24. The molecular formula is C19H24ClN3O3. The van der Waals surface area contributed by atoms with Gasteiger partial charge in [-0.05, 0) is 36.8 Å². The molecule has 0 aliphatic carbocycles. The number of carbonyl (C=O) groups excluding carboxylic acids is 2. The van der Waals surface area contributed by atoms with Crippen LogP contribution in [0.3, 0.4) is 0 Å². The molecule has 2 rings (SSSR count). The molecule has 0 saturated heterocycles. The van der Waals surface area contributed by atoms with Crippen LogP contribution in [0.25, 0.3) is 0 Å². The Morgan fingerprint density at radius 1 is 1.04 bits per heavy atom. The van der Waals surface area contributed by atoms with Crippen LogP contribution in [-0.2, 0) is 9.53 Å². The molecule has 6 nitrogen and oxygen atoms in total. The van der Waals surface area contributed by atoms with E-state index in [-0.39, 0.29) is 43.3 Å². The Kier molecular flexibility index (Phi) is 8.78. The van der Waals surface area contributed by atoms with Gasteiger partial charge in [0.05, 0.1) is 12.5 Å². The quantitative estimate of drug-likeness (QED) is 0.691. The van der Waals surface area contributed by atoms with Crippen molar-refractivity contribution in [1.29, 1.82) is 0 Å². The summed E-state index contributed by atoms with van der Waals surface area (Å²) in [7, 11) is 1.52. The molecule has 26 heavy (non-hydrogen) atoms. The summed E-state index contributed by atoms with van der Waals surface area (Å²) >= 11 is 0. The maximum Gasteiger partial charge on any atom is 0.255 e. The molecule has 0 heterocycles. The number of anilines is 2. The number of methoxy groups -OCH3 is 1. The van der Waals surface area contributed by atoms with Gasteiger partial charge in [0.2, 0.25) is 5.91 Å². The molecule has 0 aliphatic rings. The fourth-order valence-electron chi connectivity index (χ4n) is 2.36. The molecule has 0 radical (unpaired) electrons. The average Bonchev–Trinajstić information content (AvgIpc) is 2.63. The number of halogens is 1. The molecule has 0 spiro atoms. The molecule has 0 saturated carbocycles. The van der Waals surface area contributed by atoms with Crippen LogP contribution >= 0.6 is 12.4 Å². The molecule has 2 aromatic rings. The summed E-state index contributed by atoms with van der Waals surface area (Å²) in [5.41, 5.74) is 8.18. The van der Waals surface area contributed by atoms with E-state index in [4.69, 9.17) is 10.5 Å². The molecular weight excluding hydrogens is 354 g/mol. The first-order chi connectivity index (χ1) is 12.0. The minimum absolute atomic E-state index is 0. The van der Waals surface area contributed by atoms with E-state index in [2.05, 4.69) is 10.6 Å². The van der Waals surface area contributed by atoms with E-state index < -0.39 is 0 Å². The summed E-state index contributed by atoms with van der Waals surface area (Å²) in [5, 5.41) is 5.71. The van der Waals surface area contributed by atoms with Gasteiger partial charge >= 0.3 is 0 Å². The monoisotopic (exact) mass is 377 g/mol. The molecule has 140 valence electrons. The third-order valence-corrected chi connectivity index (χ3v) is 3.90. The molecule has 0 aromatic heterocycles. The maximum absolute atomic E-state index is 12.3. The second kappa shape index (κ2) is 10.6. The maximum atomic E-state index is 12.3. The molecule has 2 aromatic carbocycles. The summed E-state index contributed by atoms with van der Waals surface area (Å²) in [6.45, 7) is 2.11. The second-order valence-corrected chi connectivity index (χ2v) is 5.64. The minimum atomic E-state index is -0.318. The summed E-state index contributed by atoms with van der Waals surface area (Å²) in [4.78, 5) is 24.4. The molecule has 0 aliphatic heterocycles. The van der Waals surface area contributed by atoms with Crippen LogP contribution in [0.1, 0.15) is 22.3 Å². The third kappa shape index (κ3) is 5.84. The first-order valence-corrected chi connectivity index (χ1v) is 8.04. The van der Waals surface area contributed by atoms with E-state index in [0.717, 1.165) is 5.56 Å². The first-order valence-electron chi connectivity index (χ1n) is 8.04. The predicted molar refractivity (Wildman–Crippen MR) is 106 cm³/mol. The van der Waals surface area contributed by atoms with Crippen LogP contribution < -0.4 is 16.4 Å². The zero-order valence-corrected chi connectivity index (χ0v) is 15.6. The van der Waals surface area contributed by atoms with Gasteiger partial charge < -0.3 is 21.1 Å². The van der Waals surface area contributed by atoms with Crippen LogP contribution in [0.2, 0.25) is 0 Å². The summed E-state index contributed by atoms with van der Waals surface area (Å²) in [5.74, 6) is -0.387. The van der Waals surface area contributed by atoms with Gasteiger partial charge in [0.15, 0.2) is 0 Å². The van der Waals surface area contributed by atoms with Crippen LogP contribution in [0.5, 0.6) is 0 Å². The molecule has 1 atom stereocenters. The lowest BCUT2D eigenvalue weighted by Gasteiger charge is -2.16. The SMILES string of the molecule is COC(CN)CC(=O)Nc1cccc(NC(=O)c2ccccc2)c1C.Cl. The van der Waals surface area contributed by atoms with Gasteiger partial charge in [-0.3, -0.25) is 9.59 Å². The van der Waals surface area contributed by atoms with Crippen molar-refractivity contribution in [3.63, 3.8) is 0 Å². The summed E-state index contributed by atoms with van der Waals surface area (Å²) in [6, 6.07) is 14.3. The smallest absolute Gasteiger partial charge is 0.255 e. The predicted octanol–water partition coefficient (Wildman–Crippen LogP) is 2.97. The number of carbonyl (C=O) groups is 2. The first kappa shape index (κ1) is 21.6. The van der Waals surface area contributed by atoms with Gasteiger partial charge in [0.25, 0.3) is 5.91 Å². The summed E-state index contributed by atoms with van der Waals surface area (Å²) < 4.78 is 5.12. The Labute approximate surface area is 159 Å². The number of hydrogen-bond acceptors (Lipinski definition) is 4. The van der Waals surface area contributed by atoms with E-state index in [9.17, 15) is 9.59 Å². The van der Waals surface area contributed by atoms with E-state index in [0.29, 0.717) is 16.9 Å². The highest BCUT2D eigenvalue weighted by atomic mass is 35.5. The van der Waals surface area contributed by atoms with E-state index in [1.165, 1.54) is 7.11 Å². The Bertz CT molecular complexity index is 734. The summed E-state index contributed by atoms with van der Waals surface area (Å²) in [6.07, 6.45) is -0.145. The fraction of sp³-hybridized carbons (Fsp3) is 0.263. The molecule has 2 amide bonds. The largest absolute Gasteiger partial charge is 0.380 e. The van der Waals surface area contributed by atoms with E-state index in [1.54, 1.807) is 30.3 Å². The lowest BCUT2D eigenvalue weighted by Crippen LogP contribution is -2.28. The molecule has 1 unspecified atom stereocenters. The standard InChI is InChI=1S/C19H23N3O3.ClH/c1-13-16(21-18(23)11-15(12-20)25-2)9-6-10-17(13)22-19(24)14-7-4-3-5-8-14;/h3-10,15H,11-12,20H2,1-2H3,(H,21,23)(H,22,24);1H. The Morgan fingerprint density at radius 3 is 2.23 bits per heavy atom. The van der Waals surface area contributed by atoms with Gasteiger partial charge in [-0.25, -0.2) is 0 Å². The zero-order valence-electron chi connectivity index (χ0n) is 14.8. The number of nitrogens with two attached hydrogens (primary N) is 1. The van der Waals surface area contributed by atoms with Gasteiger partial charge in [0.1, 0.15) is 0 Å². The Hall–Kier alpha value is -2.41. The minimum Gasteiger partial charge on any atom is -0.380 e. The third-order valence-electron chi connectivity index (χ3n) is 3.90. The number of nitrogens with one attached hydrogen (secondary N) is 2. The van der Waals surface area contributed by atoms with Crippen molar-refractivity contribution in [2.75, 3.05) is 24.3 Å². The highest BCUT2D eigenvalue weighted by Gasteiger charge is 2.14. The average molecular weight is 378 g/mol. The fourth-order valence-corrected chi connectivity index (χ4v) is 2.36. The van der Waals surface area contributed by atoms with E-state index in [1.807, 2.05) is 25.1 Å². The molecule has 7 heteroatoms. The molecule has 0 fully saturated rings. The van der Waals surface area contributed by atoms with Crippen molar-refractivity contribution < 1.29 is 14.3 Å². The number of benzene rings is 2. The van der Waals surface area contributed by atoms with Crippen LogP contribution in [-0.4, -0.2) is 31.6 Å². The van der Waals surface area contributed by atoms with Gasteiger partial charge in [-0.2, -0.15) is 0 Å². The topological polar surface area (TPSA) is 93.4 Å². The van der Waals surface area contributed by atoms with Crippen molar-refractivity contribution in [1.82, 2.24) is 0 Å². The van der Waals surface area contributed by atoms with Crippen molar-refractivity contribution in [3.8, 4) is 0 Å². The van der Waals surface area contributed by atoms with Crippen molar-refractivity contribution in [2.24, 2.45) is 5.73 Å². The van der Waals surface area contributed by atoms with Crippen molar-refractivity contribution in [2.45, 2.75) is 19.4 Å². The number of amides is 2. The zero-order chi connectivity index (χ0) is 18.2. The number of rotatable bonds is 7. The van der Waals surface area contributed by atoms with Gasteiger partial charge in [-0.15, -0.1) is 12.4 Å². The van der Waals surface area contributed by atoms with Gasteiger partial charge in [-0.1, -0.05) is 24.3 Å². The lowest BCUT2D eigenvalue weighted by atomic mass is 10.1. The van der Waals surface area contributed by atoms with Crippen LogP contribution in [0, 0.1) is 6.92 Å². The van der Waals surface area contributed by atoms with Crippen molar-refractivity contribution >= 4 is 35.6 Å². The number of ether oxygens (including phenoxy) is 1. The molecule has 4 N–H and O–H groups in total. The Morgan fingerprint density at radius 2 is 1.65 bits per heavy atom. The number of hydrogen-bond donors (Lipinski definition) is 3. The van der Waals surface area contributed by atoms with Gasteiger partial charge in [0, 0.05) is 30.6 Å². The highest BCUT2D eigenvalue weighted by molar-refractivity contribution is 6.05. The lowest BCUT2D eigenvalue weighted by molar-refractivity contribution is -0.118. The second-order valence-electron chi connectivity index (χ2n) is 5.64.